The average Bonchev–Trinajstić information content (AvgIpc) is 2.37. The van der Waals surface area contributed by atoms with Crippen molar-refractivity contribution in [1.29, 1.82) is 0 Å². The molecular formula is C15H23FN2O2. The zero-order valence-corrected chi connectivity index (χ0v) is 12.3. The van der Waals surface area contributed by atoms with Gasteiger partial charge in [0.2, 0.25) is 0 Å². The van der Waals surface area contributed by atoms with E-state index in [0.717, 1.165) is 31.5 Å². The smallest absolute Gasteiger partial charge is 0.255 e. The highest BCUT2D eigenvalue weighted by atomic mass is 19.1. The number of carbonyl (C=O) groups is 1. The van der Waals surface area contributed by atoms with E-state index in [4.69, 9.17) is 0 Å². The van der Waals surface area contributed by atoms with Crippen LogP contribution in [0.4, 0.5) is 4.39 Å². The topological polar surface area (TPSA) is 52.6 Å². The molecule has 0 saturated carbocycles. The van der Waals surface area contributed by atoms with Crippen LogP contribution in [0.1, 0.15) is 37.0 Å². The molecule has 0 radical (unpaired) electrons. The van der Waals surface area contributed by atoms with E-state index < -0.39 is 5.82 Å². The van der Waals surface area contributed by atoms with Gasteiger partial charge in [-0.3, -0.25) is 4.79 Å². The molecule has 1 aromatic carbocycles. The third kappa shape index (κ3) is 5.17. The molecule has 0 spiro atoms. The van der Waals surface area contributed by atoms with E-state index in [1.54, 1.807) is 0 Å². The Morgan fingerprint density at radius 3 is 2.70 bits per heavy atom. The second-order valence-electron chi connectivity index (χ2n) is 5.20. The number of amides is 1. The summed E-state index contributed by atoms with van der Waals surface area (Å²) in [5.74, 6) is -1.27. The van der Waals surface area contributed by atoms with E-state index in [1.807, 2.05) is 0 Å². The molecular weight excluding hydrogens is 259 g/mol. The Balaban J connectivity index is 2.30. The van der Waals surface area contributed by atoms with Gasteiger partial charge in [-0.2, -0.15) is 0 Å². The molecule has 20 heavy (non-hydrogen) atoms. The Morgan fingerprint density at radius 2 is 2.10 bits per heavy atom. The molecule has 0 aliphatic rings. The maximum absolute atomic E-state index is 12.8. The monoisotopic (exact) mass is 282 g/mol. The van der Waals surface area contributed by atoms with E-state index in [1.165, 1.54) is 6.07 Å². The second-order valence-corrected chi connectivity index (χ2v) is 5.20. The Kier molecular flexibility index (Phi) is 6.45. The van der Waals surface area contributed by atoms with Gasteiger partial charge in [-0.15, -0.1) is 0 Å². The van der Waals surface area contributed by atoms with Crippen LogP contribution < -0.4 is 5.32 Å². The summed E-state index contributed by atoms with van der Waals surface area (Å²) in [5.41, 5.74) is 0.102. The predicted molar refractivity (Wildman–Crippen MR) is 77.4 cm³/mol. The van der Waals surface area contributed by atoms with Gasteiger partial charge >= 0.3 is 0 Å². The van der Waals surface area contributed by atoms with Crippen molar-refractivity contribution < 1.29 is 14.3 Å². The Labute approximate surface area is 119 Å². The Bertz CT molecular complexity index is 449. The zero-order valence-electron chi connectivity index (χ0n) is 12.3. The number of hydrogen-bond acceptors (Lipinski definition) is 3. The summed E-state index contributed by atoms with van der Waals surface area (Å²) >= 11 is 0. The number of aromatic hydroxyl groups is 1. The summed E-state index contributed by atoms with van der Waals surface area (Å²) in [4.78, 5) is 14.0. The molecule has 0 fully saturated rings. The molecule has 0 aliphatic heterocycles. The largest absolute Gasteiger partial charge is 0.507 e. The number of benzene rings is 1. The number of carbonyl (C=O) groups excluding carboxylic acids is 1. The fraction of sp³-hybridized carbons (Fsp3) is 0.533. The summed E-state index contributed by atoms with van der Waals surface area (Å²) in [6.07, 6.45) is 1.86. The molecule has 5 heteroatoms. The van der Waals surface area contributed by atoms with Gasteiger partial charge < -0.3 is 15.3 Å². The van der Waals surface area contributed by atoms with Crippen molar-refractivity contribution in [2.75, 3.05) is 20.1 Å². The van der Waals surface area contributed by atoms with Crippen LogP contribution in [-0.2, 0) is 0 Å². The summed E-state index contributed by atoms with van der Waals surface area (Å²) in [7, 11) is 2.07. The van der Waals surface area contributed by atoms with Gasteiger partial charge in [0, 0.05) is 18.7 Å². The lowest BCUT2D eigenvalue weighted by molar-refractivity contribution is 0.0950. The van der Waals surface area contributed by atoms with Crippen LogP contribution in [0.3, 0.4) is 0 Å². The van der Waals surface area contributed by atoms with Gasteiger partial charge in [-0.1, -0.05) is 0 Å². The molecule has 1 rings (SSSR count). The number of nitrogens with one attached hydrogen (secondary N) is 1. The van der Waals surface area contributed by atoms with Crippen molar-refractivity contribution in [2.24, 2.45) is 0 Å². The summed E-state index contributed by atoms with van der Waals surface area (Å²) in [6.45, 7) is 5.80. The van der Waals surface area contributed by atoms with Crippen LogP contribution in [0.15, 0.2) is 18.2 Å². The lowest BCUT2D eigenvalue weighted by Crippen LogP contribution is -2.29. The number of rotatable bonds is 7. The van der Waals surface area contributed by atoms with Crippen LogP contribution in [0, 0.1) is 5.82 Å². The van der Waals surface area contributed by atoms with Crippen LogP contribution in [0.2, 0.25) is 0 Å². The first-order valence-corrected chi connectivity index (χ1v) is 6.88. The van der Waals surface area contributed by atoms with Crippen LogP contribution >= 0.6 is 0 Å². The molecule has 0 saturated heterocycles. The minimum Gasteiger partial charge on any atom is -0.507 e. The Morgan fingerprint density at radius 1 is 1.40 bits per heavy atom. The first-order chi connectivity index (χ1) is 9.41. The molecule has 0 heterocycles. The number of unbranched alkanes of at least 4 members (excludes halogenated alkanes) is 1. The highest BCUT2D eigenvalue weighted by molar-refractivity contribution is 5.96. The third-order valence-electron chi connectivity index (χ3n) is 3.31. The zero-order chi connectivity index (χ0) is 15.1. The minimum absolute atomic E-state index is 0.102. The molecule has 0 atom stereocenters. The third-order valence-corrected chi connectivity index (χ3v) is 3.31. The maximum atomic E-state index is 12.8. The number of hydrogen-bond donors (Lipinski definition) is 2. The van der Waals surface area contributed by atoms with Crippen molar-refractivity contribution in [1.82, 2.24) is 10.2 Å². The minimum atomic E-state index is -0.559. The van der Waals surface area contributed by atoms with Crippen LogP contribution in [0.5, 0.6) is 5.75 Å². The van der Waals surface area contributed by atoms with E-state index in [2.05, 4.69) is 31.1 Å². The van der Waals surface area contributed by atoms with Crippen molar-refractivity contribution in [3.8, 4) is 5.75 Å². The molecule has 0 aromatic heterocycles. The standard InChI is InChI=1S/C15H23FN2O2/c1-11(2)18(3)9-5-4-8-17-15(20)13-7-6-12(16)10-14(13)19/h6-7,10-11,19H,4-5,8-9H2,1-3H3,(H,17,20). The molecule has 4 nitrogen and oxygen atoms in total. The van der Waals surface area contributed by atoms with Crippen molar-refractivity contribution in [3.05, 3.63) is 29.6 Å². The van der Waals surface area contributed by atoms with E-state index in [0.29, 0.717) is 12.6 Å². The van der Waals surface area contributed by atoms with Gasteiger partial charge in [-0.25, -0.2) is 4.39 Å². The van der Waals surface area contributed by atoms with Crippen molar-refractivity contribution in [3.63, 3.8) is 0 Å². The quantitative estimate of drug-likeness (QED) is 0.755. The number of phenols is 1. The Hall–Kier alpha value is -1.62. The van der Waals surface area contributed by atoms with Gasteiger partial charge in [0.1, 0.15) is 11.6 Å². The van der Waals surface area contributed by atoms with Crippen molar-refractivity contribution in [2.45, 2.75) is 32.7 Å². The second kappa shape index (κ2) is 7.85. The molecule has 1 aromatic rings. The molecule has 0 aliphatic carbocycles. The predicted octanol–water partition coefficient (Wildman–Crippen LogP) is 2.38. The lowest BCUT2D eigenvalue weighted by Gasteiger charge is -2.20. The summed E-state index contributed by atoms with van der Waals surface area (Å²) in [6, 6.07) is 3.89. The molecule has 1 amide bonds. The van der Waals surface area contributed by atoms with Crippen molar-refractivity contribution >= 4 is 5.91 Å². The van der Waals surface area contributed by atoms with Gasteiger partial charge in [0.05, 0.1) is 5.56 Å². The first-order valence-electron chi connectivity index (χ1n) is 6.88. The van der Waals surface area contributed by atoms with Crippen LogP contribution in [-0.4, -0.2) is 42.1 Å². The highest BCUT2D eigenvalue weighted by Gasteiger charge is 2.11. The van der Waals surface area contributed by atoms with E-state index >= 15 is 0 Å². The summed E-state index contributed by atoms with van der Waals surface area (Å²) in [5, 5.41) is 12.2. The highest BCUT2D eigenvalue weighted by Crippen LogP contribution is 2.17. The maximum Gasteiger partial charge on any atom is 0.255 e. The molecule has 0 bridgehead atoms. The molecule has 2 N–H and O–H groups in total. The first kappa shape index (κ1) is 16.4. The van der Waals surface area contributed by atoms with Gasteiger partial charge in [-0.05, 0) is 52.4 Å². The molecule has 112 valence electrons. The van der Waals surface area contributed by atoms with E-state index in [9.17, 15) is 14.3 Å². The molecule has 0 unspecified atom stereocenters. The van der Waals surface area contributed by atoms with Gasteiger partial charge in [0.25, 0.3) is 5.91 Å². The fourth-order valence-electron chi connectivity index (χ4n) is 1.74. The lowest BCUT2D eigenvalue weighted by atomic mass is 10.2. The summed E-state index contributed by atoms with van der Waals surface area (Å²) < 4.78 is 12.8. The number of halogens is 1. The number of phenolic OH excluding ortho intramolecular Hbond substituents is 1. The fourth-order valence-corrected chi connectivity index (χ4v) is 1.74. The number of nitrogens with zero attached hydrogens (tertiary/aromatic N) is 1. The normalized spacial score (nSPS) is 11.1. The van der Waals surface area contributed by atoms with Crippen LogP contribution in [0.25, 0.3) is 0 Å². The van der Waals surface area contributed by atoms with E-state index in [-0.39, 0.29) is 17.2 Å². The SMILES string of the molecule is CC(C)N(C)CCCCNC(=O)c1ccc(F)cc1O. The average molecular weight is 282 g/mol. The van der Waals surface area contributed by atoms with Gasteiger partial charge in [0.15, 0.2) is 0 Å².